The van der Waals surface area contributed by atoms with Crippen LogP contribution in [0.25, 0.3) is 0 Å². The molecule has 2 rings (SSSR count). The van der Waals surface area contributed by atoms with Crippen LogP contribution < -0.4 is 0 Å². The lowest BCUT2D eigenvalue weighted by molar-refractivity contribution is -0.142. The van der Waals surface area contributed by atoms with Crippen molar-refractivity contribution in [2.24, 2.45) is 0 Å². The number of nitrogens with zero attached hydrogens (tertiary/aromatic N) is 2. The third-order valence-electron chi connectivity index (χ3n) is 5.29. The first-order valence-electron chi connectivity index (χ1n) is 10.4. The maximum atomic E-state index is 12.4. The average molecular weight is 383 g/mol. The number of rotatable bonds is 8. The highest BCUT2D eigenvalue weighted by Gasteiger charge is 2.39. The number of ether oxygens (including phenoxy) is 2. The number of amides is 2. The minimum atomic E-state index is -0.360. The van der Waals surface area contributed by atoms with Crippen molar-refractivity contribution in [2.75, 3.05) is 32.8 Å². The molecule has 2 heterocycles. The molecule has 0 bridgehead atoms. The highest BCUT2D eigenvalue weighted by atomic mass is 16.5. The third-order valence-corrected chi connectivity index (χ3v) is 5.29. The Hall–Kier alpha value is -1.14. The van der Waals surface area contributed by atoms with Crippen molar-refractivity contribution in [3.8, 4) is 0 Å². The lowest BCUT2D eigenvalue weighted by Crippen LogP contribution is -2.38. The van der Waals surface area contributed by atoms with E-state index in [4.69, 9.17) is 9.47 Å². The Morgan fingerprint density at radius 1 is 0.889 bits per heavy atom. The fourth-order valence-electron chi connectivity index (χ4n) is 3.35. The largest absolute Gasteiger partial charge is 0.366 e. The number of likely N-dealkylation sites (tertiary alicyclic amines) is 1. The van der Waals surface area contributed by atoms with Crippen molar-refractivity contribution in [2.45, 2.75) is 90.4 Å². The van der Waals surface area contributed by atoms with E-state index in [1.54, 1.807) is 0 Å². The second-order valence-electron chi connectivity index (χ2n) is 9.48. The van der Waals surface area contributed by atoms with E-state index in [9.17, 15) is 9.59 Å². The number of carbonyl (C=O) groups is 2. The molecule has 6 nitrogen and oxygen atoms in total. The van der Waals surface area contributed by atoms with Crippen molar-refractivity contribution in [1.82, 2.24) is 9.80 Å². The second kappa shape index (κ2) is 9.37. The monoisotopic (exact) mass is 382 g/mol. The molecule has 2 aliphatic rings. The highest BCUT2D eigenvalue weighted by molar-refractivity contribution is 5.80. The summed E-state index contributed by atoms with van der Waals surface area (Å²) in [6, 6.07) is 0.283. The van der Waals surface area contributed by atoms with Gasteiger partial charge in [-0.25, -0.2) is 0 Å². The van der Waals surface area contributed by atoms with Crippen LogP contribution in [-0.2, 0) is 19.1 Å². The maximum absolute atomic E-state index is 12.4. The van der Waals surface area contributed by atoms with Crippen LogP contribution in [-0.4, -0.2) is 71.7 Å². The molecule has 1 unspecified atom stereocenters. The first-order chi connectivity index (χ1) is 12.6. The zero-order valence-corrected chi connectivity index (χ0v) is 17.9. The number of hydrogen-bond donors (Lipinski definition) is 0. The van der Waals surface area contributed by atoms with Crippen molar-refractivity contribution < 1.29 is 19.1 Å². The van der Waals surface area contributed by atoms with Crippen LogP contribution in [0.3, 0.4) is 0 Å². The molecule has 156 valence electrons. The molecule has 0 aliphatic carbocycles. The van der Waals surface area contributed by atoms with Gasteiger partial charge in [0, 0.05) is 25.7 Å². The average Bonchev–Trinajstić information content (AvgIpc) is 3.38. The van der Waals surface area contributed by atoms with Gasteiger partial charge in [-0.1, -0.05) is 12.8 Å². The zero-order chi connectivity index (χ0) is 20.1. The standard InChI is InChI=1S/C21H38N2O4/c1-20(2,3)26-16-19(25)23-14-17(23)10-11-21(4,5)27-15-18(24)22-12-8-6-7-9-13-22/h17H,6-16H2,1-5H3. The summed E-state index contributed by atoms with van der Waals surface area (Å²) in [5, 5.41) is 0. The molecule has 6 heteroatoms. The van der Waals surface area contributed by atoms with E-state index in [-0.39, 0.29) is 42.3 Å². The van der Waals surface area contributed by atoms with Crippen LogP contribution in [0.5, 0.6) is 0 Å². The Kier molecular flexibility index (Phi) is 7.69. The predicted molar refractivity (Wildman–Crippen MR) is 106 cm³/mol. The van der Waals surface area contributed by atoms with Crippen LogP contribution in [0.4, 0.5) is 0 Å². The van der Waals surface area contributed by atoms with Gasteiger partial charge in [-0.15, -0.1) is 0 Å². The fraction of sp³-hybridized carbons (Fsp3) is 0.905. The Bertz CT molecular complexity index is 505. The lowest BCUT2D eigenvalue weighted by atomic mass is 10.0. The van der Waals surface area contributed by atoms with E-state index >= 15 is 0 Å². The van der Waals surface area contributed by atoms with Gasteiger partial charge in [0.25, 0.3) is 0 Å². The highest BCUT2D eigenvalue weighted by Crippen LogP contribution is 2.28. The van der Waals surface area contributed by atoms with Gasteiger partial charge < -0.3 is 19.3 Å². The summed E-state index contributed by atoms with van der Waals surface area (Å²) in [6.07, 6.45) is 6.35. The molecule has 2 fully saturated rings. The van der Waals surface area contributed by atoms with E-state index in [1.165, 1.54) is 12.8 Å². The summed E-state index contributed by atoms with van der Waals surface area (Å²) in [5.74, 6) is 0.164. The predicted octanol–water partition coefficient (Wildman–Crippen LogP) is 2.99. The maximum Gasteiger partial charge on any atom is 0.248 e. The Balaban J connectivity index is 1.65. The van der Waals surface area contributed by atoms with Gasteiger partial charge in [0.15, 0.2) is 0 Å². The minimum Gasteiger partial charge on any atom is -0.366 e. The molecule has 0 aromatic heterocycles. The van der Waals surface area contributed by atoms with Crippen LogP contribution in [0.2, 0.25) is 0 Å². The van der Waals surface area contributed by atoms with Crippen LogP contribution in [0.15, 0.2) is 0 Å². The van der Waals surface area contributed by atoms with E-state index in [0.717, 1.165) is 45.3 Å². The third kappa shape index (κ3) is 8.18. The van der Waals surface area contributed by atoms with Gasteiger partial charge in [0.1, 0.15) is 13.2 Å². The van der Waals surface area contributed by atoms with Gasteiger partial charge in [0.05, 0.1) is 11.2 Å². The molecule has 0 aromatic rings. The second-order valence-corrected chi connectivity index (χ2v) is 9.48. The summed E-state index contributed by atoms with van der Waals surface area (Å²) in [7, 11) is 0. The fourth-order valence-corrected chi connectivity index (χ4v) is 3.35. The molecule has 0 N–H and O–H groups in total. The van der Waals surface area contributed by atoms with Gasteiger partial charge in [0.2, 0.25) is 11.8 Å². The van der Waals surface area contributed by atoms with E-state index in [1.807, 2.05) is 44.4 Å². The molecule has 1 atom stereocenters. The normalized spacial score (nSPS) is 21.1. The summed E-state index contributed by atoms with van der Waals surface area (Å²) in [6.45, 7) is 12.7. The Labute approximate surface area is 164 Å². The molecular weight excluding hydrogens is 344 g/mol. The number of hydrogen-bond acceptors (Lipinski definition) is 4. The molecule has 27 heavy (non-hydrogen) atoms. The van der Waals surface area contributed by atoms with Gasteiger partial charge in [-0.05, 0) is 60.3 Å². The zero-order valence-electron chi connectivity index (χ0n) is 17.9. The van der Waals surface area contributed by atoms with E-state index < -0.39 is 0 Å². The molecule has 2 saturated heterocycles. The molecule has 0 spiro atoms. The van der Waals surface area contributed by atoms with Crippen molar-refractivity contribution in [1.29, 1.82) is 0 Å². The Morgan fingerprint density at radius 3 is 2.07 bits per heavy atom. The summed E-state index contributed by atoms with van der Waals surface area (Å²) >= 11 is 0. The van der Waals surface area contributed by atoms with Crippen LogP contribution in [0, 0.1) is 0 Å². The quantitative estimate of drug-likeness (QED) is 0.606. The van der Waals surface area contributed by atoms with E-state index in [2.05, 4.69) is 0 Å². The summed E-state index contributed by atoms with van der Waals surface area (Å²) in [4.78, 5) is 28.3. The minimum absolute atomic E-state index is 0.0602. The summed E-state index contributed by atoms with van der Waals surface area (Å²) < 4.78 is 11.5. The topological polar surface area (TPSA) is 58.9 Å². The first-order valence-corrected chi connectivity index (χ1v) is 10.4. The molecule has 2 aliphatic heterocycles. The van der Waals surface area contributed by atoms with Gasteiger partial charge in [-0.3, -0.25) is 9.59 Å². The Morgan fingerprint density at radius 2 is 1.48 bits per heavy atom. The lowest BCUT2D eigenvalue weighted by Gasteiger charge is -2.27. The smallest absolute Gasteiger partial charge is 0.248 e. The van der Waals surface area contributed by atoms with Crippen molar-refractivity contribution >= 4 is 11.8 Å². The molecule has 0 aromatic carbocycles. The molecule has 0 radical (unpaired) electrons. The van der Waals surface area contributed by atoms with Crippen LogP contribution >= 0.6 is 0 Å². The molecular formula is C21H38N2O4. The van der Waals surface area contributed by atoms with E-state index in [0.29, 0.717) is 0 Å². The van der Waals surface area contributed by atoms with Gasteiger partial charge in [-0.2, -0.15) is 0 Å². The summed E-state index contributed by atoms with van der Waals surface area (Å²) in [5.41, 5.74) is -0.655. The van der Waals surface area contributed by atoms with Crippen molar-refractivity contribution in [3.63, 3.8) is 0 Å². The van der Waals surface area contributed by atoms with Crippen molar-refractivity contribution in [3.05, 3.63) is 0 Å². The molecule has 2 amide bonds. The first kappa shape index (κ1) is 22.2. The molecule has 0 saturated carbocycles. The number of carbonyl (C=O) groups excluding carboxylic acids is 2. The van der Waals surface area contributed by atoms with Gasteiger partial charge >= 0.3 is 0 Å². The SMILES string of the molecule is CC(C)(C)OCC(=O)N1CC1CCC(C)(C)OCC(=O)N1CCCCCC1. The van der Waals surface area contributed by atoms with Crippen LogP contribution in [0.1, 0.15) is 73.1 Å².